The van der Waals surface area contributed by atoms with Gasteiger partial charge in [0.05, 0.1) is 11.4 Å². The first-order valence-electron chi connectivity index (χ1n) is 5.35. The van der Waals surface area contributed by atoms with Gasteiger partial charge < -0.3 is 10.6 Å². The van der Waals surface area contributed by atoms with Crippen LogP contribution in [0.1, 0.15) is 12.5 Å². The second kappa shape index (κ2) is 6.89. The number of hydrogen-bond donors (Lipinski definition) is 1. The average molecular weight is 378 g/mol. The summed E-state index contributed by atoms with van der Waals surface area (Å²) in [5, 5.41) is 0. The molecule has 0 radical (unpaired) electrons. The number of amides is 2. The molecule has 6 heteroatoms. The van der Waals surface area contributed by atoms with Gasteiger partial charge in [0.2, 0.25) is 11.8 Å². The molecular formula is C12H14Br2N2O2. The molecule has 98 valence electrons. The molecule has 1 atom stereocenters. The van der Waals surface area contributed by atoms with Crippen molar-refractivity contribution in [2.24, 2.45) is 5.73 Å². The molecule has 0 aromatic heterocycles. The van der Waals surface area contributed by atoms with Crippen molar-refractivity contribution in [1.82, 2.24) is 4.90 Å². The quantitative estimate of drug-likeness (QED) is 0.798. The molecule has 0 saturated heterocycles. The number of benzene rings is 1. The summed E-state index contributed by atoms with van der Waals surface area (Å²) in [6.07, 6.45) is 0. The highest BCUT2D eigenvalue weighted by molar-refractivity contribution is 9.10. The number of hydrogen-bond acceptors (Lipinski definition) is 2. The van der Waals surface area contributed by atoms with Gasteiger partial charge in [0.25, 0.3) is 0 Å². The molecule has 0 spiro atoms. The highest BCUT2D eigenvalue weighted by Gasteiger charge is 2.20. The number of nitrogens with zero attached hydrogens (tertiary/aromatic N) is 1. The Hall–Kier alpha value is -0.880. The van der Waals surface area contributed by atoms with Gasteiger partial charge in [0.1, 0.15) is 0 Å². The summed E-state index contributed by atoms with van der Waals surface area (Å²) in [7, 11) is 0. The molecular weight excluding hydrogens is 364 g/mol. The van der Waals surface area contributed by atoms with E-state index >= 15 is 0 Å². The average Bonchev–Trinajstić information content (AvgIpc) is 2.29. The molecule has 0 heterocycles. The van der Waals surface area contributed by atoms with Crippen LogP contribution in [-0.2, 0) is 16.1 Å². The Morgan fingerprint density at radius 3 is 2.33 bits per heavy atom. The van der Waals surface area contributed by atoms with Crippen molar-refractivity contribution in [2.45, 2.75) is 18.3 Å². The van der Waals surface area contributed by atoms with Gasteiger partial charge in [-0.05, 0) is 24.6 Å². The van der Waals surface area contributed by atoms with Crippen molar-refractivity contribution in [2.75, 3.05) is 6.54 Å². The summed E-state index contributed by atoms with van der Waals surface area (Å²) in [6.45, 7) is 2.01. The van der Waals surface area contributed by atoms with E-state index in [2.05, 4.69) is 31.9 Å². The van der Waals surface area contributed by atoms with E-state index in [9.17, 15) is 9.59 Å². The third-order valence-corrected chi connectivity index (χ3v) is 3.21. The fourth-order valence-electron chi connectivity index (χ4n) is 1.46. The maximum atomic E-state index is 11.9. The van der Waals surface area contributed by atoms with Gasteiger partial charge in [-0.3, -0.25) is 9.59 Å². The van der Waals surface area contributed by atoms with Crippen molar-refractivity contribution in [1.29, 1.82) is 0 Å². The van der Waals surface area contributed by atoms with Crippen LogP contribution in [0.2, 0.25) is 0 Å². The summed E-state index contributed by atoms with van der Waals surface area (Å²) in [4.78, 5) is 24.0. The normalized spacial score (nSPS) is 11.9. The van der Waals surface area contributed by atoms with Crippen LogP contribution in [0.3, 0.4) is 0 Å². The molecule has 0 aliphatic heterocycles. The van der Waals surface area contributed by atoms with E-state index < -0.39 is 5.91 Å². The SMILES string of the molecule is CC(Br)C(=O)N(CC(N)=O)Cc1ccc(Br)cc1. The van der Waals surface area contributed by atoms with E-state index in [0.29, 0.717) is 6.54 Å². The number of alkyl halides is 1. The summed E-state index contributed by atoms with van der Waals surface area (Å²) in [6, 6.07) is 7.56. The Kier molecular flexibility index (Phi) is 5.81. The Bertz CT molecular complexity index is 432. The summed E-state index contributed by atoms with van der Waals surface area (Å²) < 4.78 is 0.966. The Morgan fingerprint density at radius 1 is 1.33 bits per heavy atom. The third kappa shape index (κ3) is 4.78. The Balaban J connectivity index is 2.81. The number of halogens is 2. The second-order valence-corrected chi connectivity index (χ2v) is 6.19. The largest absolute Gasteiger partial charge is 0.368 e. The van der Waals surface area contributed by atoms with E-state index in [-0.39, 0.29) is 17.3 Å². The van der Waals surface area contributed by atoms with Crippen LogP contribution in [0.25, 0.3) is 0 Å². The van der Waals surface area contributed by atoms with E-state index in [1.165, 1.54) is 4.90 Å². The number of nitrogens with two attached hydrogens (primary N) is 1. The van der Waals surface area contributed by atoms with Gasteiger partial charge in [-0.1, -0.05) is 44.0 Å². The highest BCUT2D eigenvalue weighted by Crippen LogP contribution is 2.13. The zero-order chi connectivity index (χ0) is 13.7. The maximum absolute atomic E-state index is 11.9. The Labute approximate surface area is 123 Å². The summed E-state index contributed by atoms with van der Waals surface area (Å²) >= 11 is 6.55. The zero-order valence-corrected chi connectivity index (χ0v) is 13.1. The second-order valence-electron chi connectivity index (χ2n) is 3.90. The molecule has 2 amide bonds. The fourth-order valence-corrected chi connectivity index (χ4v) is 2.02. The highest BCUT2D eigenvalue weighted by atomic mass is 79.9. The third-order valence-electron chi connectivity index (χ3n) is 2.29. The molecule has 4 nitrogen and oxygen atoms in total. The zero-order valence-electron chi connectivity index (χ0n) is 9.90. The van der Waals surface area contributed by atoms with Crippen LogP contribution in [0.4, 0.5) is 0 Å². The van der Waals surface area contributed by atoms with E-state index in [4.69, 9.17) is 5.73 Å². The number of carbonyl (C=O) groups is 2. The standard InChI is InChI=1S/C12H14Br2N2O2/c1-8(13)12(18)16(7-11(15)17)6-9-2-4-10(14)5-3-9/h2-5,8H,6-7H2,1H3,(H2,15,17). The summed E-state index contributed by atoms with van der Waals surface area (Å²) in [5.41, 5.74) is 6.10. The van der Waals surface area contributed by atoms with Crippen molar-refractivity contribution in [3.8, 4) is 0 Å². The number of carbonyl (C=O) groups excluding carboxylic acids is 2. The molecule has 18 heavy (non-hydrogen) atoms. The van der Waals surface area contributed by atoms with Crippen LogP contribution < -0.4 is 5.73 Å². The summed E-state index contributed by atoms with van der Waals surface area (Å²) in [5.74, 6) is -0.676. The maximum Gasteiger partial charge on any atom is 0.237 e. The van der Waals surface area contributed by atoms with E-state index in [0.717, 1.165) is 10.0 Å². The monoisotopic (exact) mass is 376 g/mol. The lowest BCUT2D eigenvalue weighted by molar-refractivity contribution is -0.134. The lowest BCUT2D eigenvalue weighted by Crippen LogP contribution is -2.40. The Morgan fingerprint density at radius 2 is 1.89 bits per heavy atom. The van der Waals surface area contributed by atoms with E-state index in [1.807, 2.05) is 24.3 Å². The minimum Gasteiger partial charge on any atom is -0.368 e. The molecule has 2 N–H and O–H groups in total. The van der Waals surface area contributed by atoms with Crippen molar-refractivity contribution < 1.29 is 9.59 Å². The van der Waals surface area contributed by atoms with Crippen LogP contribution in [-0.4, -0.2) is 28.1 Å². The van der Waals surface area contributed by atoms with E-state index in [1.54, 1.807) is 6.92 Å². The minimum absolute atomic E-state index is 0.0785. The van der Waals surface area contributed by atoms with Crippen molar-refractivity contribution in [3.63, 3.8) is 0 Å². The molecule has 0 aliphatic carbocycles. The van der Waals surface area contributed by atoms with Crippen LogP contribution in [0.5, 0.6) is 0 Å². The first-order chi connectivity index (χ1) is 8.40. The topological polar surface area (TPSA) is 63.4 Å². The predicted octanol–water partition coefficient (Wildman–Crippen LogP) is 2.05. The molecule has 1 aromatic carbocycles. The van der Waals surface area contributed by atoms with Gasteiger partial charge >= 0.3 is 0 Å². The van der Waals surface area contributed by atoms with Gasteiger partial charge in [-0.25, -0.2) is 0 Å². The molecule has 0 fully saturated rings. The lowest BCUT2D eigenvalue weighted by Gasteiger charge is -2.22. The number of rotatable bonds is 5. The smallest absolute Gasteiger partial charge is 0.237 e. The first-order valence-corrected chi connectivity index (χ1v) is 7.06. The van der Waals surface area contributed by atoms with Gasteiger partial charge in [-0.15, -0.1) is 0 Å². The lowest BCUT2D eigenvalue weighted by atomic mass is 10.2. The van der Waals surface area contributed by atoms with Crippen molar-refractivity contribution >= 4 is 43.7 Å². The molecule has 0 aliphatic rings. The molecule has 1 unspecified atom stereocenters. The van der Waals surface area contributed by atoms with Gasteiger partial charge in [-0.2, -0.15) is 0 Å². The predicted molar refractivity (Wildman–Crippen MR) is 77.1 cm³/mol. The molecule has 0 bridgehead atoms. The minimum atomic E-state index is -0.520. The van der Waals surface area contributed by atoms with Crippen molar-refractivity contribution in [3.05, 3.63) is 34.3 Å². The molecule has 1 aromatic rings. The molecule has 1 rings (SSSR count). The fraction of sp³-hybridized carbons (Fsp3) is 0.333. The van der Waals surface area contributed by atoms with Crippen LogP contribution in [0, 0.1) is 0 Å². The first kappa shape index (κ1) is 15.2. The van der Waals surface area contributed by atoms with Crippen LogP contribution in [0.15, 0.2) is 28.7 Å². The van der Waals surface area contributed by atoms with Crippen LogP contribution >= 0.6 is 31.9 Å². The number of primary amides is 1. The van der Waals surface area contributed by atoms with Gasteiger partial charge in [0, 0.05) is 11.0 Å². The molecule has 0 saturated carbocycles. The van der Waals surface area contributed by atoms with Gasteiger partial charge in [0.15, 0.2) is 0 Å².